The molecule has 0 saturated heterocycles. The van der Waals surface area contributed by atoms with Crippen LogP contribution in [0.4, 0.5) is 5.69 Å². The van der Waals surface area contributed by atoms with Crippen LogP contribution in [-0.4, -0.2) is 33.5 Å². The fraction of sp³-hybridized carbons (Fsp3) is 0.290. The molecule has 2 atom stereocenters. The summed E-state index contributed by atoms with van der Waals surface area (Å²) in [6, 6.07) is 18.7. The summed E-state index contributed by atoms with van der Waals surface area (Å²) in [6.45, 7) is 2.09. The fourth-order valence-electron chi connectivity index (χ4n) is 5.62. The standard InChI is InChI=1S/C31H31N5O5S/c1-2-20(21-8-4-3-5-9-21)15-24-16-26(37)27(31(38)41-24)25(22-11-12-22)14-19-7-6-10-23(13-19)36-42(39,40)30-28-29(33-17-32-28)34-18-35-30/h3-10,13,16-18,20,22,25,36-37H,2,11-12,14-15H2,1H3,(H,32,33,34,35). The number of aromatic hydroxyl groups is 1. The number of nitrogens with zero attached hydrogens (tertiary/aromatic N) is 3. The first-order valence-electron chi connectivity index (χ1n) is 14.0. The minimum Gasteiger partial charge on any atom is -0.507 e. The molecule has 0 radical (unpaired) electrons. The molecule has 1 saturated carbocycles. The summed E-state index contributed by atoms with van der Waals surface area (Å²) in [5.74, 6) is 0.540. The van der Waals surface area contributed by atoms with Crippen molar-refractivity contribution in [2.45, 2.75) is 55.9 Å². The van der Waals surface area contributed by atoms with Crippen LogP contribution in [-0.2, 0) is 22.9 Å². The van der Waals surface area contributed by atoms with Gasteiger partial charge >= 0.3 is 5.63 Å². The smallest absolute Gasteiger partial charge is 0.343 e. The number of aromatic nitrogens is 4. The number of benzene rings is 2. The largest absolute Gasteiger partial charge is 0.507 e. The molecule has 0 aliphatic heterocycles. The quantitative estimate of drug-likeness (QED) is 0.177. The minimum atomic E-state index is -4.04. The van der Waals surface area contributed by atoms with Crippen molar-refractivity contribution in [2.24, 2.45) is 5.92 Å². The molecule has 0 bridgehead atoms. The second kappa shape index (κ2) is 11.4. The van der Waals surface area contributed by atoms with Crippen molar-refractivity contribution in [1.82, 2.24) is 19.9 Å². The van der Waals surface area contributed by atoms with Gasteiger partial charge in [-0.15, -0.1) is 0 Å². The van der Waals surface area contributed by atoms with Gasteiger partial charge in [-0.25, -0.2) is 19.7 Å². The molecule has 3 aromatic heterocycles. The van der Waals surface area contributed by atoms with Crippen LogP contribution in [0.2, 0.25) is 0 Å². The van der Waals surface area contributed by atoms with Crippen molar-refractivity contribution in [1.29, 1.82) is 0 Å². The van der Waals surface area contributed by atoms with Gasteiger partial charge in [0.15, 0.2) is 5.65 Å². The second-order valence-corrected chi connectivity index (χ2v) is 12.4. The predicted molar refractivity (Wildman–Crippen MR) is 158 cm³/mol. The number of imidazole rings is 1. The molecule has 3 heterocycles. The summed E-state index contributed by atoms with van der Waals surface area (Å²) in [5.41, 5.74) is 2.56. The number of hydrogen-bond acceptors (Lipinski definition) is 8. The van der Waals surface area contributed by atoms with Crippen molar-refractivity contribution in [2.75, 3.05) is 4.72 Å². The van der Waals surface area contributed by atoms with Crippen LogP contribution in [0.25, 0.3) is 11.2 Å². The van der Waals surface area contributed by atoms with Crippen LogP contribution in [0.1, 0.15) is 60.5 Å². The Morgan fingerprint density at radius 3 is 2.60 bits per heavy atom. The Labute approximate surface area is 243 Å². The lowest BCUT2D eigenvalue weighted by Crippen LogP contribution is -2.18. The third kappa shape index (κ3) is 5.78. The Bertz CT molecular complexity index is 1880. The number of aromatic amines is 1. The Balaban J connectivity index is 1.23. The Kier molecular flexibility index (Phi) is 7.51. The summed E-state index contributed by atoms with van der Waals surface area (Å²) in [5, 5.41) is 10.9. The van der Waals surface area contributed by atoms with Crippen LogP contribution in [0.15, 0.2) is 87.6 Å². The first-order chi connectivity index (χ1) is 20.3. The van der Waals surface area contributed by atoms with Crippen LogP contribution < -0.4 is 10.3 Å². The molecule has 6 rings (SSSR count). The number of anilines is 1. The number of sulfonamides is 1. The lowest BCUT2D eigenvalue weighted by molar-refractivity contribution is 0.388. The van der Waals surface area contributed by atoms with Gasteiger partial charge in [0, 0.05) is 24.1 Å². The van der Waals surface area contributed by atoms with Gasteiger partial charge in [0.1, 0.15) is 23.4 Å². The highest BCUT2D eigenvalue weighted by Crippen LogP contribution is 2.46. The second-order valence-electron chi connectivity index (χ2n) is 10.8. The van der Waals surface area contributed by atoms with E-state index in [-0.39, 0.29) is 45.3 Å². The highest BCUT2D eigenvalue weighted by molar-refractivity contribution is 7.92. The van der Waals surface area contributed by atoms with Crippen LogP contribution in [0.5, 0.6) is 5.75 Å². The van der Waals surface area contributed by atoms with Gasteiger partial charge in [-0.3, -0.25) is 4.72 Å². The zero-order chi connectivity index (χ0) is 29.3. The Morgan fingerprint density at radius 1 is 1.05 bits per heavy atom. The molecule has 0 spiro atoms. The maximum absolute atomic E-state index is 13.3. The van der Waals surface area contributed by atoms with Crippen molar-refractivity contribution in [3.8, 4) is 5.75 Å². The number of nitrogens with one attached hydrogen (secondary N) is 2. The van der Waals surface area contributed by atoms with Gasteiger partial charge in [-0.1, -0.05) is 49.4 Å². The molecule has 0 amide bonds. The predicted octanol–water partition coefficient (Wildman–Crippen LogP) is 5.29. The molecule has 2 aromatic carbocycles. The fourth-order valence-corrected chi connectivity index (χ4v) is 6.75. The van der Waals surface area contributed by atoms with Crippen molar-refractivity contribution in [3.63, 3.8) is 0 Å². The van der Waals surface area contributed by atoms with Gasteiger partial charge in [0.25, 0.3) is 10.0 Å². The molecular weight excluding hydrogens is 554 g/mol. The van der Waals surface area contributed by atoms with E-state index in [1.165, 1.54) is 6.33 Å². The maximum atomic E-state index is 13.3. The van der Waals surface area contributed by atoms with E-state index in [0.717, 1.165) is 36.7 Å². The van der Waals surface area contributed by atoms with Crippen molar-refractivity contribution < 1.29 is 17.9 Å². The van der Waals surface area contributed by atoms with Crippen molar-refractivity contribution in [3.05, 3.63) is 106 Å². The molecule has 3 N–H and O–H groups in total. The average Bonchev–Trinajstić information content (AvgIpc) is 3.71. The molecule has 1 aliphatic rings. The van der Waals surface area contributed by atoms with E-state index in [0.29, 0.717) is 24.3 Å². The SMILES string of the molecule is CCC(Cc1cc(O)c(C(Cc2cccc(NS(=O)(=O)c3ncnc4nc[nH]c34)c2)C2CC2)c(=O)o1)c1ccccc1. The third-order valence-electron chi connectivity index (χ3n) is 7.87. The third-order valence-corrected chi connectivity index (χ3v) is 9.19. The summed E-state index contributed by atoms with van der Waals surface area (Å²) in [7, 11) is -4.04. The number of fused-ring (bicyclic) bond motifs is 1. The van der Waals surface area contributed by atoms with Gasteiger partial charge in [0.05, 0.1) is 11.9 Å². The van der Waals surface area contributed by atoms with Crippen LogP contribution in [0, 0.1) is 5.92 Å². The summed E-state index contributed by atoms with van der Waals surface area (Å²) < 4.78 is 34.7. The molecule has 1 aliphatic carbocycles. The average molecular weight is 586 g/mol. The Morgan fingerprint density at radius 2 is 1.86 bits per heavy atom. The van der Waals surface area contributed by atoms with E-state index < -0.39 is 15.6 Å². The molecule has 42 heavy (non-hydrogen) atoms. The van der Waals surface area contributed by atoms with E-state index in [9.17, 15) is 18.3 Å². The van der Waals surface area contributed by atoms with Gasteiger partial charge in [-0.2, -0.15) is 8.42 Å². The van der Waals surface area contributed by atoms with E-state index in [4.69, 9.17) is 4.42 Å². The van der Waals surface area contributed by atoms with E-state index in [1.807, 2.05) is 24.3 Å². The van der Waals surface area contributed by atoms with Crippen molar-refractivity contribution >= 4 is 26.9 Å². The maximum Gasteiger partial charge on any atom is 0.343 e. The molecule has 1 fully saturated rings. The normalized spacial score (nSPS) is 15.0. The summed E-state index contributed by atoms with van der Waals surface area (Å²) in [6.07, 6.45) is 6.22. The zero-order valence-corrected chi connectivity index (χ0v) is 23.8. The van der Waals surface area contributed by atoms with Gasteiger partial charge in [0.2, 0.25) is 5.03 Å². The number of H-pyrrole nitrogens is 1. The lowest BCUT2D eigenvalue weighted by atomic mass is 9.87. The van der Waals surface area contributed by atoms with E-state index in [1.54, 1.807) is 24.3 Å². The molecule has 216 valence electrons. The zero-order valence-electron chi connectivity index (χ0n) is 23.0. The highest BCUT2D eigenvalue weighted by atomic mass is 32.2. The first-order valence-corrected chi connectivity index (χ1v) is 15.5. The monoisotopic (exact) mass is 585 g/mol. The Hall–Kier alpha value is -4.51. The van der Waals surface area contributed by atoms with Gasteiger partial charge in [-0.05, 0) is 60.8 Å². The molecule has 5 aromatic rings. The molecular formula is C31H31N5O5S. The number of hydrogen-bond donors (Lipinski definition) is 3. The first kappa shape index (κ1) is 27.6. The molecule has 10 nitrogen and oxygen atoms in total. The molecule has 11 heteroatoms. The van der Waals surface area contributed by atoms with Crippen LogP contribution >= 0.6 is 0 Å². The lowest BCUT2D eigenvalue weighted by Gasteiger charge is -2.19. The summed E-state index contributed by atoms with van der Waals surface area (Å²) in [4.78, 5) is 28.0. The van der Waals surface area contributed by atoms with E-state index in [2.05, 4.69) is 43.7 Å². The summed E-state index contributed by atoms with van der Waals surface area (Å²) >= 11 is 0. The number of rotatable bonds is 11. The highest BCUT2D eigenvalue weighted by Gasteiger charge is 2.36. The van der Waals surface area contributed by atoms with Gasteiger partial charge < -0.3 is 14.5 Å². The molecule has 2 unspecified atom stereocenters. The minimum absolute atomic E-state index is 0.0507. The topological polar surface area (TPSA) is 151 Å². The van der Waals surface area contributed by atoms with E-state index >= 15 is 0 Å². The van der Waals surface area contributed by atoms with Crippen LogP contribution in [0.3, 0.4) is 0 Å².